The van der Waals surface area contributed by atoms with Gasteiger partial charge in [-0.2, -0.15) is 0 Å². The van der Waals surface area contributed by atoms with Crippen molar-refractivity contribution in [1.82, 2.24) is 4.98 Å². The maximum Gasteiger partial charge on any atom is 0.337 e. The topological polar surface area (TPSA) is 50.2 Å². The third-order valence-corrected chi connectivity index (χ3v) is 2.94. The number of halogens is 1. The molecule has 0 saturated carbocycles. The number of rotatable bonds is 3. The molecular formula is C14H10BrNO2. The SMILES string of the molecule is O=C(O)c1cnccc1C=Cc1ccc(Br)cc1. The Morgan fingerprint density at radius 3 is 2.56 bits per heavy atom. The first-order valence-electron chi connectivity index (χ1n) is 5.28. The van der Waals surface area contributed by atoms with Gasteiger partial charge in [0.25, 0.3) is 0 Å². The van der Waals surface area contributed by atoms with Crippen LogP contribution >= 0.6 is 15.9 Å². The summed E-state index contributed by atoms with van der Waals surface area (Å²) < 4.78 is 1.01. The van der Waals surface area contributed by atoms with Crippen molar-refractivity contribution in [3.05, 3.63) is 63.9 Å². The van der Waals surface area contributed by atoms with Crippen LogP contribution in [0.1, 0.15) is 21.5 Å². The van der Waals surface area contributed by atoms with Gasteiger partial charge in [0.05, 0.1) is 5.56 Å². The van der Waals surface area contributed by atoms with Crippen LogP contribution in [0.2, 0.25) is 0 Å². The highest BCUT2D eigenvalue weighted by Crippen LogP contribution is 2.15. The van der Waals surface area contributed by atoms with Crippen molar-refractivity contribution in [3.63, 3.8) is 0 Å². The number of hydrogen-bond donors (Lipinski definition) is 1. The zero-order valence-corrected chi connectivity index (χ0v) is 11.0. The third kappa shape index (κ3) is 3.05. The van der Waals surface area contributed by atoms with Crippen molar-refractivity contribution in [2.75, 3.05) is 0 Å². The monoisotopic (exact) mass is 303 g/mol. The summed E-state index contributed by atoms with van der Waals surface area (Å²) in [5.41, 5.74) is 1.85. The lowest BCUT2D eigenvalue weighted by atomic mass is 10.1. The van der Waals surface area contributed by atoms with Gasteiger partial charge in [-0.05, 0) is 29.3 Å². The van der Waals surface area contributed by atoms with E-state index in [1.54, 1.807) is 18.3 Å². The molecule has 1 aromatic carbocycles. The molecule has 0 unspecified atom stereocenters. The standard InChI is InChI=1S/C14H10BrNO2/c15-12-5-2-10(3-6-12)1-4-11-7-8-16-9-13(11)14(17)18/h1-9H,(H,17,18). The molecule has 0 spiro atoms. The molecule has 0 amide bonds. The van der Waals surface area contributed by atoms with Crippen LogP contribution in [-0.2, 0) is 0 Å². The summed E-state index contributed by atoms with van der Waals surface area (Å²) in [6, 6.07) is 9.44. The predicted molar refractivity (Wildman–Crippen MR) is 74.3 cm³/mol. The number of carbonyl (C=O) groups is 1. The molecule has 18 heavy (non-hydrogen) atoms. The highest BCUT2D eigenvalue weighted by atomic mass is 79.9. The smallest absolute Gasteiger partial charge is 0.337 e. The summed E-state index contributed by atoms with van der Waals surface area (Å²) in [5, 5.41) is 9.02. The Labute approximate surface area is 113 Å². The lowest BCUT2D eigenvalue weighted by molar-refractivity contribution is 0.0696. The first-order chi connectivity index (χ1) is 8.66. The normalized spacial score (nSPS) is 10.7. The zero-order valence-electron chi connectivity index (χ0n) is 9.38. The molecule has 0 fully saturated rings. The summed E-state index contributed by atoms with van der Waals surface area (Å²) in [6.07, 6.45) is 6.57. The minimum absolute atomic E-state index is 0.200. The fraction of sp³-hybridized carbons (Fsp3) is 0. The molecule has 0 aliphatic heterocycles. The summed E-state index contributed by atoms with van der Waals surface area (Å²) in [6.45, 7) is 0. The van der Waals surface area contributed by atoms with Crippen molar-refractivity contribution in [3.8, 4) is 0 Å². The first-order valence-corrected chi connectivity index (χ1v) is 6.07. The molecule has 0 saturated heterocycles. The molecule has 90 valence electrons. The summed E-state index contributed by atoms with van der Waals surface area (Å²) in [5.74, 6) is -0.974. The number of carboxylic acid groups (broad SMARTS) is 1. The Bertz CT molecular complexity index is 591. The Kier molecular flexibility index (Phi) is 3.89. The van der Waals surface area contributed by atoms with Gasteiger partial charge in [0, 0.05) is 16.9 Å². The lowest BCUT2D eigenvalue weighted by Crippen LogP contribution is -1.99. The molecule has 0 aliphatic carbocycles. The second kappa shape index (κ2) is 5.60. The van der Waals surface area contributed by atoms with Crippen molar-refractivity contribution in [2.45, 2.75) is 0 Å². The van der Waals surface area contributed by atoms with Crippen molar-refractivity contribution < 1.29 is 9.90 Å². The van der Waals surface area contributed by atoms with E-state index in [-0.39, 0.29) is 5.56 Å². The third-order valence-electron chi connectivity index (χ3n) is 2.41. The fourth-order valence-electron chi connectivity index (χ4n) is 1.49. The molecule has 1 N–H and O–H groups in total. The van der Waals surface area contributed by atoms with Crippen LogP contribution in [0.5, 0.6) is 0 Å². The molecule has 3 nitrogen and oxygen atoms in total. The zero-order chi connectivity index (χ0) is 13.0. The Morgan fingerprint density at radius 2 is 1.89 bits per heavy atom. The Balaban J connectivity index is 2.29. The molecule has 0 aliphatic rings. The van der Waals surface area contributed by atoms with Gasteiger partial charge < -0.3 is 5.11 Å². The Hall–Kier alpha value is -1.94. The Morgan fingerprint density at radius 1 is 1.17 bits per heavy atom. The van der Waals surface area contributed by atoms with E-state index in [1.807, 2.05) is 30.3 Å². The van der Waals surface area contributed by atoms with E-state index in [0.29, 0.717) is 5.56 Å². The maximum absolute atomic E-state index is 11.0. The number of nitrogens with zero attached hydrogens (tertiary/aromatic N) is 1. The molecule has 2 aromatic rings. The van der Waals surface area contributed by atoms with Crippen molar-refractivity contribution >= 4 is 34.1 Å². The van der Waals surface area contributed by atoms with Gasteiger partial charge in [0.1, 0.15) is 0 Å². The lowest BCUT2D eigenvalue weighted by Gasteiger charge is -1.99. The molecule has 0 atom stereocenters. The summed E-state index contributed by atoms with van der Waals surface area (Å²) in [7, 11) is 0. The first kappa shape index (κ1) is 12.5. The maximum atomic E-state index is 11.0. The number of benzene rings is 1. The molecule has 1 heterocycles. The van der Waals surface area contributed by atoms with Gasteiger partial charge in [0.2, 0.25) is 0 Å². The number of aromatic nitrogens is 1. The van der Waals surface area contributed by atoms with Crippen LogP contribution in [-0.4, -0.2) is 16.1 Å². The van der Waals surface area contributed by atoms with Crippen LogP contribution in [0.3, 0.4) is 0 Å². The minimum atomic E-state index is -0.974. The number of hydrogen-bond acceptors (Lipinski definition) is 2. The number of aromatic carboxylic acids is 1. The van der Waals surface area contributed by atoms with E-state index in [4.69, 9.17) is 5.11 Å². The van der Waals surface area contributed by atoms with Crippen molar-refractivity contribution in [1.29, 1.82) is 0 Å². The fourth-order valence-corrected chi connectivity index (χ4v) is 1.75. The highest BCUT2D eigenvalue weighted by molar-refractivity contribution is 9.10. The van der Waals surface area contributed by atoms with E-state index in [2.05, 4.69) is 20.9 Å². The van der Waals surface area contributed by atoms with Gasteiger partial charge in [-0.3, -0.25) is 4.98 Å². The molecular weight excluding hydrogens is 294 g/mol. The average molecular weight is 304 g/mol. The number of pyridine rings is 1. The molecule has 4 heteroatoms. The van der Waals surface area contributed by atoms with Crippen LogP contribution in [0.15, 0.2) is 47.2 Å². The van der Waals surface area contributed by atoms with E-state index in [0.717, 1.165) is 10.0 Å². The van der Waals surface area contributed by atoms with Crippen LogP contribution in [0.25, 0.3) is 12.2 Å². The van der Waals surface area contributed by atoms with Crippen LogP contribution in [0.4, 0.5) is 0 Å². The van der Waals surface area contributed by atoms with E-state index in [1.165, 1.54) is 6.20 Å². The molecule has 0 bridgehead atoms. The summed E-state index contributed by atoms with van der Waals surface area (Å²) >= 11 is 3.36. The van der Waals surface area contributed by atoms with Gasteiger partial charge in [0.15, 0.2) is 0 Å². The van der Waals surface area contributed by atoms with Gasteiger partial charge >= 0.3 is 5.97 Å². The molecule has 1 aromatic heterocycles. The average Bonchev–Trinajstić information content (AvgIpc) is 2.38. The largest absolute Gasteiger partial charge is 0.478 e. The molecule has 0 radical (unpaired) electrons. The van der Waals surface area contributed by atoms with E-state index >= 15 is 0 Å². The minimum Gasteiger partial charge on any atom is -0.478 e. The van der Waals surface area contributed by atoms with Crippen molar-refractivity contribution in [2.24, 2.45) is 0 Å². The second-order valence-corrected chi connectivity index (χ2v) is 4.57. The quantitative estimate of drug-likeness (QED) is 0.940. The molecule has 2 rings (SSSR count). The van der Waals surface area contributed by atoms with Gasteiger partial charge in [-0.15, -0.1) is 0 Å². The van der Waals surface area contributed by atoms with Gasteiger partial charge in [-0.25, -0.2) is 4.79 Å². The second-order valence-electron chi connectivity index (χ2n) is 3.65. The number of carboxylic acids is 1. The predicted octanol–water partition coefficient (Wildman–Crippen LogP) is 3.71. The van der Waals surface area contributed by atoms with Crippen LogP contribution < -0.4 is 0 Å². The van der Waals surface area contributed by atoms with E-state index < -0.39 is 5.97 Å². The van der Waals surface area contributed by atoms with E-state index in [9.17, 15) is 4.79 Å². The van der Waals surface area contributed by atoms with Gasteiger partial charge in [-0.1, -0.05) is 40.2 Å². The summed E-state index contributed by atoms with van der Waals surface area (Å²) in [4.78, 5) is 14.8. The highest BCUT2D eigenvalue weighted by Gasteiger charge is 2.06. The van der Waals surface area contributed by atoms with Crippen LogP contribution in [0, 0.1) is 0 Å².